The molecule has 0 atom stereocenters. The third kappa shape index (κ3) is 5.51. The fourth-order valence-electron chi connectivity index (χ4n) is 1.92. The van der Waals surface area contributed by atoms with Crippen LogP contribution in [0.3, 0.4) is 0 Å². The molecule has 0 aliphatic carbocycles. The van der Waals surface area contributed by atoms with Crippen LogP contribution in [0.4, 0.5) is 5.69 Å². The van der Waals surface area contributed by atoms with E-state index in [0.29, 0.717) is 11.3 Å². The normalized spacial score (nSPS) is 10.7. The molecular weight excluding hydrogens is 326 g/mol. The number of rotatable bonds is 7. The van der Waals surface area contributed by atoms with Crippen molar-refractivity contribution in [2.45, 2.75) is 12.7 Å². The second kappa shape index (κ2) is 8.83. The summed E-state index contributed by atoms with van der Waals surface area (Å²) in [5, 5.41) is 14.4. The number of nitrogens with zero attached hydrogens (tertiary/aromatic N) is 2. The van der Waals surface area contributed by atoms with Gasteiger partial charge in [-0.15, -0.1) is 11.8 Å². The number of nitro groups is 1. The molecule has 0 aromatic heterocycles. The van der Waals surface area contributed by atoms with Gasteiger partial charge in [0.25, 0.3) is 5.69 Å². The number of benzene rings is 2. The van der Waals surface area contributed by atoms with Gasteiger partial charge in [-0.25, -0.2) is 5.43 Å². The summed E-state index contributed by atoms with van der Waals surface area (Å²) in [6, 6.07) is 14.0. The Hall–Kier alpha value is -2.67. The van der Waals surface area contributed by atoms with E-state index in [9.17, 15) is 14.9 Å². The van der Waals surface area contributed by atoms with Crippen LogP contribution in [-0.4, -0.2) is 22.8 Å². The second-order valence-corrected chi connectivity index (χ2v) is 6.05. The van der Waals surface area contributed by atoms with Crippen molar-refractivity contribution in [3.8, 4) is 0 Å². The summed E-state index contributed by atoms with van der Waals surface area (Å²) in [7, 11) is 0. The van der Waals surface area contributed by atoms with Crippen molar-refractivity contribution in [2.24, 2.45) is 5.10 Å². The molecule has 0 aliphatic rings. The molecule has 0 unspecified atom stereocenters. The molecule has 0 radical (unpaired) electrons. The van der Waals surface area contributed by atoms with E-state index in [2.05, 4.69) is 10.5 Å². The van der Waals surface area contributed by atoms with Crippen molar-refractivity contribution in [1.29, 1.82) is 0 Å². The summed E-state index contributed by atoms with van der Waals surface area (Å²) in [5.74, 6) is 0.893. The van der Waals surface area contributed by atoms with Crippen molar-refractivity contribution in [3.05, 3.63) is 75.3 Å². The van der Waals surface area contributed by atoms with Gasteiger partial charge >= 0.3 is 0 Å². The van der Waals surface area contributed by atoms with Crippen LogP contribution in [0.1, 0.15) is 16.7 Å². The summed E-state index contributed by atoms with van der Waals surface area (Å²) >= 11 is 1.52. The Bertz CT molecular complexity index is 745. The smallest absolute Gasteiger partial charge is 0.269 e. The van der Waals surface area contributed by atoms with Gasteiger partial charge in [-0.1, -0.05) is 24.3 Å². The quantitative estimate of drug-likeness (QED) is 0.475. The molecule has 1 amide bonds. The molecule has 0 saturated carbocycles. The molecule has 2 aromatic rings. The molecule has 1 N–H and O–H groups in total. The van der Waals surface area contributed by atoms with Crippen LogP contribution in [-0.2, 0) is 10.5 Å². The molecule has 0 heterocycles. The number of hydrazone groups is 1. The van der Waals surface area contributed by atoms with E-state index in [4.69, 9.17) is 0 Å². The van der Waals surface area contributed by atoms with Gasteiger partial charge < -0.3 is 0 Å². The topological polar surface area (TPSA) is 84.6 Å². The zero-order valence-electron chi connectivity index (χ0n) is 13.1. The molecule has 6 nitrogen and oxygen atoms in total. The highest BCUT2D eigenvalue weighted by atomic mass is 32.2. The van der Waals surface area contributed by atoms with E-state index in [1.165, 1.54) is 41.2 Å². The Morgan fingerprint density at radius 3 is 2.62 bits per heavy atom. The van der Waals surface area contributed by atoms with Crippen molar-refractivity contribution in [2.75, 3.05) is 5.75 Å². The lowest BCUT2D eigenvalue weighted by molar-refractivity contribution is -0.384. The van der Waals surface area contributed by atoms with Crippen LogP contribution in [0.15, 0.2) is 53.6 Å². The van der Waals surface area contributed by atoms with Crippen LogP contribution >= 0.6 is 11.8 Å². The van der Waals surface area contributed by atoms with Crippen molar-refractivity contribution in [3.63, 3.8) is 0 Å². The Morgan fingerprint density at radius 1 is 1.25 bits per heavy atom. The molecule has 0 spiro atoms. The number of hydrogen-bond donors (Lipinski definition) is 1. The summed E-state index contributed by atoms with van der Waals surface area (Å²) < 4.78 is 0. The number of carbonyl (C=O) groups excluding carboxylic acids is 1. The minimum absolute atomic E-state index is 0.0174. The number of thioether (sulfide) groups is 1. The van der Waals surface area contributed by atoms with E-state index in [1.54, 1.807) is 12.1 Å². The first kappa shape index (κ1) is 17.7. The van der Waals surface area contributed by atoms with E-state index in [0.717, 1.165) is 5.75 Å². The lowest BCUT2D eigenvalue weighted by Crippen LogP contribution is -2.19. The third-order valence-corrected chi connectivity index (χ3v) is 4.24. The molecule has 7 heteroatoms. The molecule has 2 rings (SSSR count). The fourth-order valence-corrected chi connectivity index (χ4v) is 2.81. The molecule has 24 heavy (non-hydrogen) atoms. The highest BCUT2D eigenvalue weighted by molar-refractivity contribution is 7.99. The van der Waals surface area contributed by atoms with Crippen LogP contribution < -0.4 is 5.43 Å². The molecule has 2 aromatic carbocycles. The van der Waals surface area contributed by atoms with Gasteiger partial charge in [-0.3, -0.25) is 14.9 Å². The lowest BCUT2D eigenvalue weighted by Gasteiger charge is -2.04. The van der Waals surface area contributed by atoms with E-state index in [1.807, 2.05) is 31.2 Å². The predicted octanol–water partition coefficient (Wildman–Crippen LogP) is 3.29. The molecule has 0 fully saturated rings. The van der Waals surface area contributed by atoms with Crippen LogP contribution in [0.25, 0.3) is 0 Å². The first-order chi connectivity index (χ1) is 11.6. The molecule has 0 bridgehead atoms. The van der Waals surface area contributed by atoms with Crippen LogP contribution in [0.2, 0.25) is 0 Å². The van der Waals surface area contributed by atoms with E-state index < -0.39 is 4.92 Å². The van der Waals surface area contributed by atoms with Crippen molar-refractivity contribution in [1.82, 2.24) is 5.43 Å². The van der Waals surface area contributed by atoms with Gasteiger partial charge in [-0.2, -0.15) is 5.10 Å². The summed E-state index contributed by atoms with van der Waals surface area (Å²) in [6.07, 6.45) is 1.45. The predicted molar refractivity (Wildman–Crippen MR) is 96.2 cm³/mol. The van der Waals surface area contributed by atoms with Gasteiger partial charge in [0.15, 0.2) is 0 Å². The van der Waals surface area contributed by atoms with Crippen LogP contribution in [0, 0.1) is 17.0 Å². The first-order valence-corrected chi connectivity index (χ1v) is 8.40. The number of aryl methyl sites for hydroxylation is 1. The highest BCUT2D eigenvalue weighted by Gasteiger charge is 2.04. The number of carbonyl (C=O) groups is 1. The Labute approximate surface area is 144 Å². The number of nitro benzene ring substituents is 1. The zero-order valence-corrected chi connectivity index (χ0v) is 14.0. The van der Waals surface area contributed by atoms with Gasteiger partial charge in [-0.05, 0) is 35.7 Å². The molecule has 0 saturated heterocycles. The lowest BCUT2D eigenvalue weighted by atomic mass is 10.1. The minimum atomic E-state index is -0.464. The van der Waals surface area contributed by atoms with Crippen molar-refractivity contribution >= 4 is 29.6 Å². The average Bonchev–Trinajstić information content (AvgIpc) is 2.57. The van der Waals surface area contributed by atoms with Gasteiger partial charge in [0.05, 0.1) is 16.9 Å². The zero-order chi connectivity index (χ0) is 17.4. The fraction of sp³-hybridized carbons (Fsp3) is 0.176. The van der Waals surface area contributed by atoms with Crippen LogP contribution in [0.5, 0.6) is 0 Å². The maximum Gasteiger partial charge on any atom is 0.269 e. The monoisotopic (exact) mass is 343 g/mol. The standard InChI is InChI=1S/C17H17N3O3S/c1-13-4-2-3-5-15(13)11-24-12-17(21)19-18-10-14-6-8-16(9-7-14)20(22)23/h2-10H,11-12H2,1H3,(H,19,21)/b18-10+. The molecule has 0 aliphatic heterocycles. The maximum absolute atomic E-state index is 11.7. The Kier molecular flexibility index (Phi) is 6.51. The highest BCUT2D eigenvalue weighted by Crippen LogP contribution is 2.15. The molecule has 124 valence electrons. The summed E-state index contributed by atoms with van der Waals surface area (Å²) in [5.41, 5.74) is 5.56. The van der Waals surface area contributed by atoms with Gasteiger partial charge in [0, 0.05) is 17.9 Å². The maximum atomic E-state index is 11.7. The average molecular weight is 343 g/mol. The summed E-state index contributed by atoms with van der Waals surface area (Å²) in [4.78, 5) is 21.8. The minimum Gasteiger partial charge on any atom is -0.272 e. The third-order valence-electron chi connectivity index (χ3n) is 3.26. The summed E-state index contributed by atoms with van der Waals surface area (Å²) in [6.45, 7) is 2.05. The largest absolute Gasteiger partial charge is 0.272 e. The number of amides is 1. The number of non-ortho nitro benzene ring substituents is 1. The number of hydrogen-bond acceptors (Lipinski definition) is 5. The van der Waals surface area contributed by atoms with Crippen molar-refractivity contribution < 1.29 is 9.72 Å². The molecular formula is C17H17N3O3S. The van der Waals surface area contributed by atoms with E-state index >= 15 is 0 Å². The Morgan fingerprint density at radius 2 is 1.96 bits per heavy atom. The van der Waals surface area contributed by atoms with E-state index in [-0.39, 0.29) is 11.6 Å². The first-order valence-electron chi connectivity index (χ1n) is 7.25. The SMILES string of the molecule is Cc1ccccc1CSCC(=O)N/N=C/c1ccc([N+](=O)[O-])cc1. The van der Waals surface area contributed by atoms with Gasteiger partial charge in [0.2, 0.25) is 5.91 Å². The number of nitrogens with one attached hydrogen (secondary N) is 1. The Balaban J connectivity index is 1.74. The second-order valence-electron chi connectivity index (χ2n) is 5.06. The van der Waals surface area contributed by atoms with Gasteiger partial charge in [0.1, 0.15) is 0 Å².